The third-order valence-electron chi connectivity index (χ3n) is 5.09. The minimum Gasteiger partial charge on any atom is -0.310 e. The number of unbranched alkanes of at least 4 members (excludes halogenated alkanes) is 13. The van der Waals surface area contributed by atoms with Crippen molar-refractivity contribution < 1.29 is 4.79 Å². The molecule has 0 saturated heterocycles. The molecule has 0 heterocycles. The van der Waals surface area contributed by atoms with Crippen molar-refractivity contribution in [1.29, 1.82) is 0 Å². The van der Waals surface area contributed by atoms with Crippen LogP contribution in [0.25, 0.3) is 0 Å². The first-order chi connectivity index (χ1) is 12.8. The fourth-order valence-corrected chi connectivity index (χ4v) is 3.37. The molecule has 0 aliphatic heterocycles. The van der Waals surface area contributed by atoms with E-state index in [1.807, 2.05) is 30.3 Å². The third-order valence-corrected chi connectivity index (χ3v) is 5.09. The summed E-state index contributed by atoms with van der Waals surface area (Å²) in [4.78, 5) is 11.9. The van der Waals surface area contributed by atoms with Crippen LogP contribution in [0, 0.1) is 0 Å². The number of hydrogen-bond donors (Lipinski definition) is 1. The van der Waals surface area contributed by atoms with Gasteiger partial charge in [-0.05, 0) is 13.0 Å². The molecule has 0 atom stereocenters. The molecule has 1 aromatic carbocycles. The van der Waals surface area contributed by atoms with E-state index in [1.165, 1.54) is 89.9 Å². The zero-order valence-corrected chi connectivity index (χ0v) is 18.3. The number of nitrogens with one attached hydrogen (secondary N) is 1. The molecule has 1 N–H and O–H groups in total. The van der Waals surface area contributed by atoms with Crippen LogP contribution in [0.4, 0.5) is 0 Å². The van der Waals surface area contributed by atoms with Gasteiger partial charge in [0.05, 0.1) is 6.54 Å². The molecule has 0 bridgehead atoms. The number of rotatable bonds is 18. The number of hydrogen-bond acceptors (Lipinski definition) is 2. The average Bonchev–Trinajstić information content (AvgIpc) is 2.68. The van der Waals surface area contributed by atoms with E-state index in [0.717, 1.165) is 12.1 Å². The van der Waals surface area contributed by atoms with Gasteiger partial charge in [0, 0.05) is 5.56 Å². The smallest absolute Gasteiger partial charge is 0.176 e. The van der Waals surface area contributed by atoms with E-state index in [4.69, 9.17) is 0 Å². The highest BCUT2D eigenvalue weighted by atomic mass is 35.5. The van der Waals surface area contributed by atoms with Gasteiger partial charge < -0.3 is 5.32 Å². The second kappa shape index (κ2) is 19.9. The van der Waals surface area contributed by atoms with Crippen LogP contribution in [0.1, 0.15) is 107 Å². The number of Topliss-reactive ketones (excluding diaryl/α,β-unsaturated/α-hetero) is 1. The summed E-state index contributed by atoms with van der Waals surface area (Å²) in [5, 5.41) is 3.28. The zero-order valence-electron chi connectivity index (χ0n) is 17.5. The molecule has 0 radical (unpaired) electrons. The predicted molar refractivity (Wildman–Crippen MR) is 121 cm³/mol. The van der Waals surface area contributed by atoms with Crippen molar-refractivity contribution >= 4 is 18.2 Å². The molecule has 1 rings (SSSR count). The Morgan fingerprint density at radius 2 is 1.15 bits per heavy atom. The van der Waals surface area contributed by atoms with Crippen LogP contribution in [-0.4, -0.2) is 18.9 Å². The average molecular weight is 396 g/mol. The van der Waals surface area contributed by atoms with Crippen LogP contribution < -0.4 is 5.32 Å². The Hall–Kier alpha value is -0.860. The van der Waals surface area contributed by atoms with Crippen LogP contribution in [0.15, 0.2) is 30.3 Å². The van der Waals surface area contributed by atoms with Gasteiger partial charge in [0.25, 0.3) is 0 Å². The highest BCUT2D eigenvalue weighted by Crippen LogP contribution is 2.12. The molecular formula is C24H42ClNO. The first-order valence-corrected chi connectivity index (χ1v) is 11.1. The molecule has 0 spiro atoms. The van der Waals surface area contributed by atoms with Gasteiger partial charge in [-0.1, -0.05) is 121 Å². The van der Waals surface area contributed by atoms with Crippen molar-refractivity contribution in [3.05, 3.63) is 35.9 Å². The van der Waals surface area contributed by atoms with E-state index >= 15 is 0 Å². The number of carbonyl (C=O) groups is 1. The lowest BCUT2D eigenvalue weighted by Crippen LogP contribution is -2.23. The van der Waals surface area contributed by atoms with Gasteiger partial charge in [-0.25, -0.2) is 0 Å². The van der Waals surface area contributed by atoms with Crippen LogP contribution in [0.3, 0.4) is 0 Å². The van der Waals surface area contributed by atoms with Gasteiger partial charge >= 0.3 is 0 Å². The summed E-state index contributed by atoms with van der Waals surface area (Å²) in [6, 6.07) is 9.55. The van der Waals surface area contributed by atoms with E-state index in [-0.39, 0.29) is 18.2 Å². The van der Waals surface area contributed by atoms with Gasteiger partial charge in [-0.2, -0.15) is 0 Å². The van der Waals surface area contributed by atoms with Crippen molar-refractivity contribution in [2.75, 3.05) is 13.1 Å². The summed E-state index contributed by atoms with van der Waals surface area (Å²) in [5.41, 5.74) is 0.806. The van der Waals surface area contributed by atoms with Gasteiger partial charge in [-0.3, -0.25) is 4.79 Å². The number of halogens is 1. The molecule has 3 heteroatoms. The van der Waals surface area contributed by atoms with E-state index in [1.54, 1.807) is 0 Å². The van der Waals surface area contributed by atoms with Gasteiger partial charge in [0.15, 0.2) is 5.78 Å². The first-order valence-electron chi connectivity index (χ1n) is 11.1. The summed E-state index contributed by atoms with van der Waals surface area (Å²) in [7, 11) is 0. The highest BCUT2D eigenvalue weighted by Gasteiger charge is 2.03. The fraction of sp³-hybridized carbons (Fsp3) is 0.708. The zero-order chi connectivity index (χ0) is 18.7. The lowest BCUT2D eigenvalue weighted by atomic mass is 10.0. The summed E-state index contributed by atoms with van der Waals surface area (Å²) >= 11 is 0. The quantitative estimate of drug-likeness (QED) is 0.208. The van der Waals surface area contributed by atoms with Gasteiger partial charge in [0.1, 0.15) is 0 Å². The highest BCUT2D eigenvalue weighted by molar-refractivity contribution is 5.97. The fourth-order valence-electron chi connectivity index (χ4n) is 3.37. The van der Waals surface area contributed by atoms with Crippen molar-refractivity contribution in [2.24, 2.45) is 0 Å². The van der Waals surface area contributed by atoms with Crippen LogP contribution in [-0.2, 0) is 0 Å². The second-order valence-corrected chi connectivity index (χ2v) is 7.56. The van der Waals surface area contributed by atoms with Crippen molar-refractivity contribution in [3.63, 3.8) is 0 Å². The molecule has 2 nitrogen and oxygen atoms in total. The third kappa shape index (κ3) is 15.9. The maximum absolute atomic E-state index is 11.9. The molecule has 27 heavy (non-hydrogen) atoms. The lowest BCUT2D eigenvalue weighted by Gasteiger charge is -2.05. The Morgan fingerprint density at radius 1 is 0.704 bits per heavy atom. The van der Waals surface area contributed by atoms with Crippen molar-refractivity contribution in [2.45, 2.75) is 96.8 Å². The van der Waals surface area contributed by atoms with E-state index in [9.17, 15) is 4.79 Å². The van der Waals surface area contributed by atoms with E-state index < -0.39 is 0 Å². The van der Waals surface area contributed by atoms with Crippen LogP contribution in [0.2, 0.25) is 0 Å². The minimum atomic E-state index is 0. The summed E-state index contributed by atoms with van der Waals surface area (Å²) < 4.78 is 0. The normalized spacial score (nSPS) is 10.6. The summed E-state index contributed by atoms with van der Waals surface area (Å²) in [6.45, 7) is 3.70. The standard InChI is InChI=1S/C24H41NO.ClH/c1-2-3-4-5-6-7-8-9-10-11-12-13-14-18-21-25-22-24(26)23-19-16-15-17-20-23;/h15-17,19-20,25H,2-14,18,21-22H2,1H3;1H. The minimum absolute atomic E-state index is 0. The van der Waals surface area contributed by atoms with Gasteiger partial charge in [0.2, 0.25) is 0 Å². The Balaban J connectivity index is 0.00000676. The van der Waals surface area contributed by atoms with Crippen LogP contribution in [0.5, 0.6) is 0 Å². The Bertz CT molecular complexity index is 435. The number of benzene rings is 1. The first kappa shape index (κ1) is 26.1. The van der Waals surface area contributed by atoms with Crippen molar-refractivity contribution in [3.8, 4) is 0 Å². The monoisotopic (exact) mass is 395 g/mol. The van der Waals surface area contributed by atoms with E-state index in [2.05, 4.69) is 12.2 Å². The maximum atomic E-state index is 11.9. The molecule has 156 valence electrons. The molecule has 0 aromatic heterocycles. The number of ketones is 1. The molecule has 0 fully saturated rings. The molecule has 0 saturated carbocycles. The van der Waals surface area contributed by atoms with Crippen LogP contribution >= 0.6 is 12.4 Å². The summed E-state index contributed by atoms with van der Waals surface area (Å²) in [5.74, 6) is 0.191. The van der Waals surface area contributed by atoms with Crippen molar-refractivity contribution in [1.82, 2.24) is 5.32 Å². The Morgan fingerprint density at radius 3 is 1.63 bits per heavy atom. The molecule has 0 amide bonds. The molecule has 1 aromatic rings. The lowest BCUT2D eigenvalue weighted by molar-refractivity contribution is 0.0991. The topological polar surface area (TPSA) is 29.1 Å². The number of carbonyl (C=O) groups excluding carboxylic acids is 1. The van der Waals surface area contributed by atoms with Gasteiger partial charge in [-0.15, -0.1) is 12.4 Å². The maximum Gasteiger partial charge on any atom is 0.176 e. The second-order valence-electron chi connectivity index (χ2n) is 7.56. The molecule has 0 aliphatic rings. The predicted octanol–water partition coefficient (Wildman–Crippen LogP) is 7.36. The molecular weight excluding hydrogens is 354 g/mol. The Kier molecular flexibility index (Phi) is 19.3. The summed E-state index contributed by atoms with van der Waals surface area (Å²) in [6.07, 6.45) is 19.4. The van der Waals surface area contributed by atoms with E-state index in [0.29, 0.717) is 6.54 Å². The molecule has 0 unspecified atom stereocenters. The SMILES string of the molecule is CCCCCCCCCCCCCCCCNCC(=O)c1ccccc1.Cl. The largest absolute Gasteiger partial charge is 0.310 e. The molecule has 0 aliphatic carbocycles. The Labute approximate surface area is 174 Å².